The van der Waals surface area contributed by atoms with Crippen LogP contribution in [0.4, 0.5) is 0 Å². The Morgan fingerprint density at radius 3 is 2.11 bits per heavy atom. The Bertz CT molecular complexity index is 609. The van der Waals surface area contributed by atoms with E-state index in [0.29, 0.717) is 33.0 Å². The summed E-state index contributed by atoms with van der Waals surface area (Å²) in [6, 6.07) is 12.3. The van der Waals surface area contributed by atoms with Gasteiger partial charge in [-0.25, -0.2) is 0 Å². The van der Waals surface area contributed by atoms with E-state index < -0.39 is 0 Å². The van der Waals surface area contributed by atoms with Crippen LogP contribution in [0.15, 0.2) is 36.4 Å². The fraction of sp³-hybridized carbons (Fsp3) is 0.0714. The van der Waals surface area contributed by atoms with Gasteiger partial charge in [0.1, 0.15) is 6.61 Å². The van der Waals surface area contributed by atoms with E-state index in [1.54, 1.807) is 12.1 Å². The Labute approximate surface area is 126 Å². The minimum atomic E-state index is 0.318. The maximum absolute atomic E-state index is 8.79. The van der Waals surface area contributed by atoms with Crippen LogP contribution in [-0.4, -0.2) is 0 Å². The molecule has 5 heteroatoms. The zero-order valence-corrected chi connectivity index (χ0v) is 11.9. The first-order valence-electron chi connectivity index (χ1n) is 5.36. The fourth-order valence-electron chi connectivity index (χ4n) is 1.50. The Morgan fingerprint density at radius 2 is 1.58 bits per heavy atom. The molecule has 0 aliphatic heterocycles. The maximum Gasteiger partial charge on any atom is 0.157 e. The van der Waals surface area contributed by atoms with Gasteiger partial charge in [-0.05, 0) is 29.8 Å². The predicted octanol–water partition coefficient (Wildman–Crippen LogP) is 5.10. The third-order valence-electron chi connectivity index (χ3n) is 2.42. The average molecular weight is 313 g/mol. The molecule has 2 aromatic carbocycles. The van der Waals surface area contributed by atoms with E-state index in [1.165, 1.54) is 12.1 Å². The minimum absolute atomic E-state index is 0.318. The van der Waals surface area contributed by atoms with Crippen molar-refractivity contribution in [2.24, 2.45) is 0 Å². The Balaban J connectivity index is 2.16. The summed E-state index contributed by atoms with van der Waals surface area (Å²) < 4.78 is 5.58. The van der Waals surface area contributed by atoms with Crippen LogP contribution in [-0.2, 0) is 6.61 Å². The zero-order valence-electron chi connectivity index (χ0n) is 9.66. The standard InChI is InChI=1S/C14H8Cl3NO/c15-11-3-1-9(2-4-11)8-19-14-12(16)5-10(7-18)6-13(14)17/h1-6H,8H2. The summed E-state index contributed by atoms with van der Waals surface area (Å²) in [5.74, 6) is 0.372. The molecule has 0 N–H and O–H groups in total. The van der Waals surface area contributed by atoms with Gasteiger partial charge in [-0.3, -0.25) is 0 Å². The van der Waals surface area contributed by atoms with Crippen molar-refractivity contribution in [3.05, 3.63) is 62.6 Å². The maximum atomic E-state index is 8.79. The summed E-state index contributed by atoms with van der Waals surface area (Å²) in [4.78, 5) is 0. The van der Waals surface area contributed by atoms with Crippen LogP contribution in [0.25, 0.3) is 0 Å². The highest BCUT2D eigenvalue weighted by atomic mass is 35.5. The third-order valence-corrected chi connectivity index (χ3v) is 3.24. The van der Waals surface area contributed by atoms with Crippen LogP contribution in [0.3, 0.4) is 0 Å². The number of nitrogens with zero attached hydrogens (tertiary/aromatic N) is 1. The van der Waals surface area contributed by atoms with E-state index in [1.807, 2.05) is 18.2 Å². The second-order valence-electron chi connectivity index (χ2n) is 3.80. The molecule has 0 bridgehead atoms. The van der Waals surface area contributed by atoms with Gasteiger partial charge in [0.15, 0.2) is 5.75 Å². The number of nitriles is 1. The van der Waals surface area contributed by atoms with Crippen molar-refractivity contribution in [1.29, 1.82) is 5.26 Å². The first-order chi connectivity index (χ1) is 9.10. The van der Waals surface area contributed by atoms with Crippen molar-refractivity contribution < 1.29 is 4.74 Å². The largest absolute Gasteiger partial charge is 0.486 e. The lowest BCUT2D eigenvalue weighted by Gasteiger charge is -2.10. The predicted molar refractivity (Wildman–Crippen MR) is 77.0 cm³/mol. The molecule has 0 aliphatic rings. The van der Waals surface area contributed by atoms with Gasteiger partial charge in [-0.15, -0.1) is 0 Å². The number of halogens is 3. The van der Waals surface area contributed by atoms with E-state index >= 15 is 0 Å². The van der Waals surface area contributed by atoms with Gasteiger partial charge in [-0.2, -0.15) is 5.26 Å². The average Bonchev–Trinajstić information content (AvgIpc) is 2.39. The van der Waals surface area contributed by atoms with Gasteiger partial charge in [-0.1, -0.05) is 46.9 Å². The molecule has 0 radical (unpaired) electrons. The van der Waals surface area contributed by atoms with Gasteiger partial charge in [0, 0.05) is 5.02 Å². The summed E-state index contributed by atoms with van der Waals surface area (Å²) in [6.45, 7) is 0.322. The Morgan fingerprint density at radius 1 is 1.00 bits per heavy atom. The molecule has 0 heterocycles. The molecule has 0 unspecified atom stereocenters. The molecular formula is C14H8Cl3NO. The van der Waals surface area contributed by atoms with Crippen LogP contribution >= 0.6 is 34.8 Å². The molecule has 0 fully saturated rings. The monoisotopic (exact) mass is 311 g/mol. The van der Waals surface area contributed by atoms with Crippen molar-refractivity contribution in [3.8, 4) is 11.8 Å². The van der Waals surface area contributed by atoms with E-state index in [9.17, 15) is 0 Å². The Hall–Kier alpha value is -1.40. The van der Waals surface area contributed by atoms with Crippen LogP contribution < -0.4 is 4.74 Å². The number of benzene rings is 2. The number of hydrogen-bond donors (Lipinski definition) is 0. The minimum Gasteiger partial charge on any atom is -0.486 e. The van der Waals surface area contributed by atoms with Gasteiger partial charge in [0.25, 0.3) is 0 Å². The molecule has 0 spiro atoms. The van der Waals surface area contributed by atoms with Gasteiger partial charge >= 0.3 is 0 Å². The number of ether oxygens (including phenoxy) is 1. The highest BCUT2D eigenvalue weighted by Gasteiger charge is 2.10. The lowest BCUT2D eigenvalue weighted by Crippen LogP contribution is -1.97. The second-order valence-corrected chi connectivity index (χ2v) is 5.05. The van der Waals surface area contributed by atoms with Gasteiger partial charge in [0.2, 0.25) is 0 Å². The first-order valence-corrected chi connectivity index (χ1v) is 6.50. The van der Waals surface area contributed by atoms with Gasteiger partial charge < -0.3 is 4.74 Å². The van der Waals surface area contributed by atoms with Crippen molar-refractivity contribution in [2.75, 3.05) is 0 Å². The van der Waals surface area contributed by atoms with E-state index in [-0.39, 0.29) is 0 Å². The summed E-state index contributed by atoms with van der Waals surface area (Å²) >= 11 is 17.8. The molecule has 19 heavy (non-hydrogen) atoms. The normalized spacial score (nSPS) is 10.0. The van der Waals surface area contributed by atoms with Crippen molar-refractivity contribution in [1.82, 2.24) is 0 Å². The van der Waals surface area contributed by atoms with Crippen LogP contribution in [0.1, 0.15) is 11.1 Å². The Kier molecular flexibility index (Phi) is 4.55. The molecule has 2 nitrogen and oxygen atoms in total. The molecule has 96 valence electrons. The molecule has 0 saturated heterocycles. The zero-order chi connectivity index (χ0) is 13.8. The summed E-state index contributed by atoms with van der Waals surface area (Å²) in [7, 11) is 0. The number of rotatable bonds is 3. The molecule has 0 amide bonds. The summed E-state index contributed by atoms with van der Waals surface area (Å²) in [5.41, 5.74) is 1.34. The van der Waals surface area contributed by atoms with Crippen LogP contribution in [0.2, 0.25) is 15.1 Å². The smallest absolute Gasteiger partial charge is 0.157 e. The quantitative estimate of drug-likeness (QED) is 0.790. The molecule has 2 aromatic rings. The summed E-state index contributed by atoms with van der Waals surface area (Å²) in [5, 5.41) is 10.1. The van der Waals surface area contributed by atoms with Crippen molar-refractivity contribution in [2.45, 2.75) is 6.61 Å². The molecule has 2 rings (SSSR count). The topological polar surface area (TPSA) is 33.0 Å². The molecule has 0 aromatic heterocycles. The lowest BCUT2D eigenvalue weighted by molar-refractivity contribution is 0.306. The highest BCUT2D eigenvalue weighted by Crippen LogP contribution is 2.34. The lowest BCUT2D eigenvalue weighted by atomic mass is 10.2. The van der Waals surface area contributed by atoms with E-state index in [0.717, 1.165) is 5.56 Å². The summed E-state index contributed by atoms with van der Waals surface area (Å²) in [6.07, 6.45) is 0. The molecular weight excluding hydrogens is 305 g/mol. The number of hydrogen-bond acceptors (Lipinski definition) is 2. The molecule has 0 aliphatic carbocycles. The van der Waals surface area contributed by atoms with Crippen molar-refractivity contribution >= 4 is 34.8 Å². The SMILES string of the molecule is N#Cc1cc(Cl)c(OCc2ccc(Cl)cc2)c(Cl)c1. The van der Waals surface area contributed by atoms with Crippen LogP contribution in [0.5, 0.6) is 5.75 Å². The molecule has 0 atom stereocenters. The first kappa shape index (κ1) is 14.0. The second kappa shape index (κ2) is 6.16. The molecule has 0 saturated carbocycles. The highest BCUT2D eigenvalue weighted by molar-refractivity contribution is 6.37. The van der Waals surface area contributed by atoms with Gasteiger partial charge in [0.05, 0.1) is 21.7 Å². The van der Waals surface area contributed by atoms with Crippen LogP contribution in [0, 0.1) is 11.3 Å². The van der Waals surface area contributed by atoms with Crippen molar-refractivity contribution in [3.63, 3.8) is 0 Å². The fourth-order valence-corrected chi connectivity index (χ4v) is 2.22. The van der Waals surface area contributed by atoms with E-state index in [4.69, 9.17) is 44.8 Å². The van der Waals surface area contributed by atoms with E-state index in [2.05, 4.69) is 0 Å². The third kappa shape index (κ3) is 3.54.